The lowest BCUT2D eigenvalue weighted by atomic mass is 10.1. The van der Waals surface area contributed by atoms with Crippen molar-refractivity contribution in [1.82, 2.24) is 10.3 Å². The number of halogens is 1. The van der Waals surface area contributed by atoms with Crippen molar-refractivity contribution in [3.63, 3.8) is 0 Å². The van der Waals surface area contributed by atoms with Crippen LogP contribution in [-0.4, -0.2) is 15.2 Å². The second kappa shape index (κ2) is 10.9. The number of nitrogens with zero attached hydrogens (tertiary/aromatic N) is 3. The van der Waals surface area contributed by atoms with Crippen LogP contribution in [0.3, 0.4) is 0 Å². The minimum absolute atomic E-state index is 0.0588. The van der Waals surface area contributed by atoms with Gasteiger partial charge in [0.05, 0.1) is 0 Å². The first-order valence-corrected chi connectivity index (χ1v) is 8.48. The third kappa shape index (κ3) is 6.26. The maximum Gasteiger partial charge on any atom is 0.410 e. The van der Waals surface area contributed by atoms with Gasteiger partial charge in [0.1, 0.15) is 0 Å². The molecule has 0 aliphatic rings. The zero-order valence-electron chi connectivity index (χ0n) is 14.8. The molecule has 0 saturated heterocycles. The van der Waals surface area contributed by atoms with Crippen molar-refractivity contribution in [3.8, 4) is 0 Å². The highest BCUT2D eigenvalue weighted by molar-refractivity contribution is 5.18. The van der Waals surface area contributed by atoms with E-state index in [1.54, 1.807) is 0 Å². The Balaban J connectivity index is 0.000000263. The van der Waals surface area contributed by atoms with E-state index >= 15 is 0 Å². The molecule has 12 heteroatoms. The minimum atomic E-state index is -0.666. The van der Waals surface area contributed by atoms with E-state index in [4.69, 9.17) is 0 Å². The fourth-order valence-corrected chi connectivity index (χ4v) is 2.20. The second-order valence-electron chi connectivity index (χ2n) is 5.63. The van der Waals surface area contributed by atoms with Gasteiger partial charge in [-0.15, -0.1) is 0 Å². The van der Waals surface area contributed by atoms with Crippen molar-refractivity contribution in [2.75, 3.05) is 0 Å². The molecule has 0 radical (unpaired) electrons. The number of hydrogen-bond acceptors (Lipinski definition) is 6. The molecule has 2 aromatic heterocycles. The summed E-state index contributed by atoms with van der Waals surface area (Å²) in [5, 5.41) is 14.3. The molecule has 0 fully saturated rings. The highest BCUT2D eigenvalue weighted by Crippen LogP contribution is 2.13. The predicted molar refractivity (Wildman–Crippen MR) is 85.9 cm³/mol. The summed E-state index contributed by atoms with van der Waals surface area (Å²) in [5.74, 6) is -1.02. The molecule has 2 aromatic rings. The first kappa shape index (κ1) is 21.3. The quantitative estimate of drug-likeness (QED) is 0.390. The summed E-state index contributed by atoms with van der Waals surface area (Å²) in [5.41, 5.74) is 0.118. The number of unbranched alkanes of at least 4 members (excludes halogenated alkanes) is 4. The molecule has 0 unspecified atom stereocenters. The van der Waals surface area contributed by atoms with Gasteiger partial charge in [-0.3, -0.25) is 0 Å². The molecule has 2 rings (SSSR count). The number of nitro groups is 1. The number of rotatable bonds is 9. The standard InChI is InChI=1S/C7H12FN2O2.C7H12N3O4/c1-2-3-4-5-6-7(8)9-12-10(6)11;1-2-3-4-5-6-7(9(11)12)8-14-10(6)13/h9H,2-5H2,1H3;8H,2-5H2,1H3/q2*+1. The molecule has 26 heavy (non-hydrogen) atoms. The largest absolute Gasteiger partial charge is 0.410 e. The second-order valence-corrected chi connectivity index (χ2v) is 5.63. The van der Waals surface area contributed by atoms with Crippen molar-refractivity contribution in [3.05, 3.63) is 37.3 Å². The maximum atomic E-state index is 12.7. The third-order valence-corrected chi connectivity index (χ3v) is 3.63. The average Bonchev–Trinajstić information content (AvgIpc) is 3.13. The fourth-order valence-electron chi connectivity index (χ4n) is 2.20. The molecule has 0 atom stereocenters. The summed E-state index contributed by atoms with van der Waals surface area (Å²) < 4.78 is 21.5. The zero-order chi connectivity index (χ0) is 19.5. The van der Waals surface area contributed by atoms with Crippen molar-refractivity contribution in [2.45, 2.75) is 65.2 Å². The molecule has 0 aliphatic heterocycles. The topological polar surface area (TPSA) is 147 Å². The number of hydrogen-bond donors (Lipinski definition) is 2. The van der Waals surface area contributed by atoms with Crippen LogP contribution in [0.2, 0.25) is 0 Å². The summed E-state index contributed by atoms with van der Waals surface area (Å²) in [6, 6.07) is 0. The van der Waals surface area contributed by atoms with E-state index in [-0.39, 0.29) is 26.4 Å². The Hall–Kier alpha value is -2.79. The molecule has 2 N–H and O–H groups in total. The van der Waals surface area contributed by atoms with Gasteiger partial charge in [0.2, 0.25) is 0 Å². The Labute approximate surface area is 147 Å². The van der Waals surface area contributed by atoms with E-state index in [2.05, 4.69) is 9.26 Å². The monoisotopic (exact) mass is 377 g/mol. The number of aromatic nitrogens is 4. The Kier molecular flexibility index (Phi) is 8.95. The fraction of sp³-hybridized carbons (Fsp3) is 0.714. The molecule has 0 amide bonds. The van der Waals surface area contributed by atoms with Gasteiger partial charge in [0.15, 0.2) is 9.20 Å². The van der Waals surface area contributed by atoms with Gasteiger partial charge in [-0.05, 0) is 37.9 Å². The summed E-state index contributed by atoms with van der Waals surface area (Å²) in [6.07, 6.45) is 6.30. The lowest BCUT2D eigenvalue weighted by molar-refractivity contribution is -0.719. The summed E-state index contributed by atoms with van der Waals surface area (Å²) in [7, 11) is 0. The van der Waals surface area contributed by atoms with Crippen molar-refractivity contribution in [2.24, 2.45) is 0 Å². The van der Waals surface area contributed by atoms with E-state index in [0.717, 1.165) is 38.5 Å². The minimum Gasteiger partial charge on any atom is -0.358 e. The SMILES string of the molecule is CCCCCc1c(F)[nH]o[n+]1=O.CCCCCc1c([N+](=O)[O-])[nH]o[n+]1=O. The highest BCUT2D eigenvalue weighted by Gasteiger charge is 2.24. The Morgan fingerprint density at radius 3 is 1.92 bits per heavy atom. The summed E-state index contributed by atoms with van der Waals surface area (Å²) in [6.45, 7) is 4.06. The molecular formula is C14H24FN5O6+2. The zero-order valence-corrected chi connectivity index (χ0v) is 14.8. The van der Waals surface area contributed by atoms with E-state index in [0.29, 0.717) is 12.8 Å². The molecular weight excluding hydrogens is 353 g/mol. The van der Waals surface area contributed by atoms with Gasteiger partial charge in [-0.1, -0.05) is 48.8 Å². The van der Waals surface area contributed by atoms with Crippen molar-refractivity contribution in [1.29, 1.82) is 0 Å². The van der Waals surface area contributed by atoms with Gasteiger partial charge < -0.3 is 10.1 Å². The van der Waals surface area contributed by atoms with Crippen LogP contribution >= 0.6 is 0 Å². The molecule has 11 nitrogen and oxygen atoms in total. The summed E-state index contributed by atoms with van der Waals surface area (Å²) >= 11 is 0. The number of H-pyrrole nitrogens is 2. The lowest BCUT2D eigenvalue weighted by Crippen LogP contribution is -2.16. The number of aromatic amines is 2. The van der Waals surface area contributed by atoms with Crippen LogP contribution in [0.25, 0.3) is 0 Å². The van der Waals surface area contributed by atoms with E-state index in [1.165, 1.54) is 0 Å². The third-order valence-electron chi connectivity index (χ3n) is 3.63. The van der Waals surface area contributed by atoms with Crippen LogP contribution < -0.4 is 9.20 Å². The van der Waals surface area contributed by atoms with Gasteiger partial charge in [0.25, 0.3) is 11.4 Å². The smallest absolute Gasteiger partial charge is 0.358 e. The van der Waals surface area contributed by atoms with Crippen LogP contribution in [0.4, 0.5) is 10.2 Å². The Morgan fingerprint density at radius 2 is 1.46 bits per heavy atom. The highest BCUT2D eigenvalue weighted by atomic mass is 19.1. The van der Waals surface area contributed by atoms with Gasteiger partial charge in [-0.2, -0.15) is 4.39 Å². The van der Waals surface area contributed by atoms with Crippen molar-refractivity contribution >= 4 is 5.82 Å². The maximum absolute atomic E-state index is 12.7. The molecule has 0 spiro atoms. The van der Waals surface area contributed by atoms with Crippen LogP contribution in [0, 0.1) is 25.9 Å². The van der Waals surface area contributed by atoms with Crippen LogP contribution in [0.5, 0.6) is 0 Å². The average molecular weight is 377 g/mol. The van der Waals surface area contributed by atoms with Crippen LogP contribution in [-0.2, 0) is 12.8 Å². The van der Waals surface area contributed by atoms with Crippen LogP contribution in [0.1, 0.15) is 63.8 Å². The lowest BCUT2D eigenvalue weighted by Gasteiger charge is -1.91. The molecule has 2 heterocycles. The van der Waals surface area contributed by atoms with Crippen molar-refractivity contribution < 1.29 is 27.8 Å². The van der Waals surface area contributed by atoms with Gasteiger partial charge in [-0.25, -0.2) is 0 Å². The first-order chi connectivity index (χ1) is 12.4. The molecule has 0 saturated carbocycles. The Morgan fingerprint density at radius 1 is 0.962 bits per heavy atom. The molecule has 0 bridgehead atoms. The normalized spacial score (nSPS) is 10.4. The van der Waals surface area contributed by atoms with Gasteiger partial charge >= 0.3 is 11.8 Å². The van der Waals surface area contributed by atoms with Gasteiger partial charge in [0, 0.05) is 12.8 Å². The molecule has 0 aromatic carbocycles. The van der Waals surface area contributed by atoms with E-state index in [1.807, 2.05) is 24.2 Å². The Bertz CT molecular complexity index is 792. The molecule has 146 valence electrons. The van der Waals surface area contributed by atoms with E-state index in [9.17, 15) is 24.3 Å². The van der Waals surface area contributed by atoms with Crippen LogP contribution in [0.15, 0.2) is 9.26 Å². The predicted octanol–water partition coefficient (Wildman–Crippen LogP) is 2.56. The van der Waals surface area contributed by atoms with E-state index < -0.39 is 10.9 Å². The number of nitrogens with one attached hydrogen (secondary N) is 2. The molecule has 0 aliphatic carbocycles. The first-order valence-electron chi connectivity index (χ1n) is 8.48. The summed E-state index contributed by atoms with van der Waals surface area (Å²) in [4.78, 5) is 31.4.